The molecule has 1 atom stereocenters. The lowest BCUT2D eigenvalue weighted by Crippen LogP contribution is -2.48. The molecule has 0 unspecified atom stereocenters. The topological polar surface area (TPSA) is 66.1 Å². The van der Waals surface area contributed by atoms with Crippen molar-refractivity contribution in [3.63, 3.8) is 0 Å². The van der Waals surface area contributed by atoms with E-state index in [-0.39, 0.29) is 17.7 Å². The minimum absolute atomic E-state index is 0.106. The third-order valence-electron chi connectivity index (χ3n) is 5.69. The van der Waals surface area contributed by atoms with E-state index in [1.54, 1.807) is 13.2 Å². The Morgan fingerprint density at radius 1 is 1.06 bits per heavy atom. The molecular formula is C22H22FN5O2S. The number of hydrogen-bond acceptors (Lipinski definition) is 7. The van der Waals surface area contributed by atoms with E-state index in [1.807, 2.05) is 36.4 Å². The zero-order valence-electron chi connectivity index (χ0n) is 17.0. The van der Waals surface area contributed by atoms with Crippen molar-refractivity contribution in [3.05, 3.63) is 71.1 Å². The van der Waals surface area contributed by atoms with Crippen LogP contribution in [0.25, 0.3) is 4.96 Å². The van der Waals surface area contributed by atoms with Gasteiger partial charge in [0.1, 0.15) is 17.9 Å². The number of para-hydroxylation sites is 1. The molecule has 0 spiro atoms. The van der Waals surface area contributed by atoms with Gasteiger partial charge < -0.3 is 14.7 Å². The standard InChI is InChI=1S/C22H22FN5O2S/c1-30-16-8-6-15(7-9-16)19(20-21(29)28-22(31-20)24-14-25-28)27-12-10-26(11-13-27)18-5-3-2-4-17(18)23/h2-9,14,19,29H,10-13H2,1H3/t19-/m0/s1. The number of hydrogen-bond donors (Lipinski definition) is 1. The Kier molecular flexibility index (Phi) is 5.21. The van der Waals surface area contributed by atoms with Gasteiger partial charge in [-0.1, -0.05) is 35.6 Å². The van der Waals surface area contributed by atoms with Crippen LogP contribution in [0.3, 0.4) is 0 Å². The first-order valence-electron chi connectivity index (χ1n) is 10.0. The summed E-state index contributed by atoms with van der Waals surface area (Å²) in [7, 11) is 1.64. The van der Waals surface area contributed by atoms with Crippen LogP contribution >= 0.6 is 11.3 Å². The van der Waals surface area contributed by atoms with Crippen LogP contribution in [-0.2, 0) is 0 Å². The molecule has 1 aliphatic heterocycles. The Hall–Kier alpha value is -3.17. The second-order valence-electron chi connectivity index (χ2n) is 7.39. The van der Waals surface area contributed by atoms with Crippen molar-refractivity contribution in [2.45, 2.75) is 6.04 Å². The quantitative estimate of drug-likeness (QED) is 0.513. The van der Waals surface area contributed by atoms with E-state index in [1.165, 1.54) is 28.2 Å². The number of nitrogens with zero attached hydrogens (tertiary/aromatic N) is 5. The third kappa shape index (κ3) is 3.60. The van der Waals surface area contributed by atoms with E-state index in [9.17, 15) is 9.50 Å². The van der Waals surface area contributed by atoms with Crippen LogP contribution in [0.5, 0.6) is 11.6 Å². The van der Waals surface area contributed by atoms with Gasteiger partial charge in [-0.2, -0.15) is 9.61 Å². The number of anilines is 1. The summed E-state index contributed by atoms with van der Waals surface area (Å²) in [5.74, 6) is 0.680. The SMILES string of the molecule is COc1ccc([C@@H](c2sc3ncnn3c2O)N2CCN(c3ccccc3F)CC2)cc1. The summed E-state index contributed by atoms with van der Waals surface area (Å²) in [6, 6.07) is 14.6. The molecule has 9 heteroatoms. The van der Waals surface area contributed by atoms with E-state index in [4.69, 9.17) is 4.74 Å². The molecule has 1 fully saturated rings. The fraction of sp³-hybridized carbons (Fsp3) is 0.273. The normalized spacial score (nSPS) is 16.0. The molecule has 2 aromatic carbocycles. The van der Waals surface area contributed by atoms with E-state index in [0.29, 0.717) is 23.7 Å². The highest BCUT2D eigenvalue weighted by Gasteiger charge is 2.32. The van der Waals surface area contributed by atoms with Crippen molar-refractivity contribution in [1.82, 2.24) is 19.5 Å². The van der Waals surface area contributed by atoms with Gasteiger partial charge in [-0.05, 0) is 29.8 Å². The van der Waals surface area contributed by atoms with Gasteiger partial charge in [0, 0.05) is 26.2 Å². The number of fused-ring (bicyclic) bond motifs is 1. The molecule has 31 heavy (non-hydrogen) atoms. The molecule has 0 saturated carbocycles. The number of ether oxygens (including phenoxy) is 1. The molecule has 1 N–H and O–H groups in total. The Morgan fingerprint density at radius 3 is 2.48 bits per heavy atom. The second kappa shape index (κ2) is 8.16. The number of methoxy groups -OCH3 is 1. The van der Waals surface area contributed by atoms with Gasteiger partial charge in [-0.3, -0.25) is 4.90 Å². The lowest BCUT2D eigenvalue weighted by Gasteiger charge is -2.40. The molecule has 0 radical (unpaired) electrons. The van der Waals surface area contributed by atoms with Crippen molar-refractivity contribution in [2.75, 3.05) is 38.2 Å². The number of aromatic hydroxyl groups is 1. The fourth-order valence-corrected chi connectivity index (χ4v) is 5.21. The average molecular weight is 440 g/mol. The molecule has 3 heterocycles. The van der Waals surface area contributed by atoms with Crippen LogP contribution in [0.1, 0.15) is 16.5 Å². The number of thiazole rings is 1. The second-order valence-corrected chi connectivity index (χ2v) is 8.40. The van der Waals surface area contributed by atoms with Crippen molar-refractivity contribution >= 4 is 22.0 Å². The van der Waals surface area contributed by atoms with Crippen LogP contribution in [0, 0.1) is 5.82 Å². The highest BCUT2D eigenvalue weighted by molar-refractivity contribution is 7.17. The highest BCUT2D eigenvalue weighted by Crippen LogP contribution is 2.40. The van der Waals surface area contributed by atoms with Crippen molar-refractivity contribution < 1.29 is 14.2 Å². The van der Waals surface area contributed by atoms with Crippen LogP contribution < -0.4 is 9.64 Å². The van der Waals surface area contributed by atoms with Crippen molar-refractivity contribution in [1.29, 1.82) is 0 Å². The summed E-state index contributed by atoms with van der Waals surface area (Å²) in [6.07, 6.45) is 1.44. The highest BCUT2D eigenvalue weighted by atomic mass is 32.1. The predicted molar refractivity (Wildman–Crippen MR) is 118 cm³/mol. The summed E-state index contributed by atoms with van der Waals surface area (Å²) in [5, 5.41) is 15.0. The van der Waals surface area contributed by atoms with Crippen LogP contribution in [0.15, 0.2) is 54.9 Å². The van der Waals surface area contributed by atoms with Gasteiger partial charge in [0.2, 0.25) is 10.8 Å². The summed E-state index contributed by atoms with van der Waals surface area (Å²) < 4.78 is 21.0. The number of piperazine rings is 1. The number of rotatable bonds is 5. The molecular weight excluding hydrogens is 417 g/mol. The maximum atomic E-state index is 14.3. The predicted octanol–water partition coefficient (Wildman–Crippen LogP) is 3.56. The zero-order chi connectivity index (χ0) is 21.4. The van der Waals surface area contributed by atoms with Crippen LogP contribution in [0.2, 0.25) is 0 Å². The Morgan fingerprint density at radius 2 is 1.81 bits per heavy atom. The summed E-state index contributed by atoms with van der Waals surface area (Å²) in [4.78, 5) is 10.1. The summed E-state index contributed by atoms with van der Waals surface area (Å²) in [6.45, 7) is 2.82. The molecule has 1 aliphatic rings. The molecule has 5 rings (SSSR count). The maximum Gasteiger partial charge on any atom is 0.230 e. The molecule has 7 nitrogen and oxygen atoms in total. The van der Waals surface area contributed by atoms with E-state index in [2.05, 4.69) is 19.9 Å². The van der Waals surface area contributed by atoms with Gasteiger partial charge in [0.15, 0.2) is 0 Å². The van der Waals surface area contributed by atoms with E-state index < -0.39 is 0 Å². The molecule has 1 saturated heterocycles. The first-order valence-corrected chi connectivity index (χ1v) is 10.9. The fourth-order valence-electron chi connectivity index (χ4n) is 4.12. The van der Waals surface area contributed by atoms with Gasteiger partial charge in [0.05, 0.1) is 23.7 Å². The molecule has 0 bridgehead atoms. The first-order chi connectivity index (χ1) is 15.2. The zero-order valence-corrected chi connectivity index (χ0v) is 17.8. The van der Waals surface area contributed by atoms with Gasteiger partial charge in [-0.25, -0.2) is 9.37 Å². The number of benzene rings is 2. The summed E-state index contributed by atoms with van der Waals surface area (Å²) in [5.41, 5.74) is 1.67. The smallest absolute Gasteiger partial charge is 0.230 e. The van der Waals surface area contributed by atoms with E-state index in [0.717, 1.165) is 29.3 Å². The molecule has 2 aromatic heterocycles. The molecule has 0 amide bonds. The van der Waals surface area contributed by atoms with Gasteiger partial charge in [-0.15, -0.1) is 0 Å². The van der Waals surface area contributed by atoms with Crippen LogP contribution in [-0.4, -0.2) is 57.9 Å². The minimum atomic E-state index is -0.203. The molecule has 160 valence electrons. The van der Waals surface area contributed by atoms with Crippen LogP contribution in [0.4, 0.5) is 10.1 Å². The molecule has 4 aromatic rings. The number of aromatic nitrogens is 3. The Bertz CT molecular complexity index is 1180. The van der Waals surface area contributed by atoms with Gasteiger partial charge >= 0.3 is 0 Å². The summed E-state index contributed by atoms with van der Waals surface area (Å²) >= 11 is 1.43. The number of halogens is 1. The largest absolute Gasteiger partial charge is 0.497 e. The Labute approximate surface area is 182 Å². The van der Waals surface area contributed by atoms with Crippen molar-refractivity contribution in [2.24, 2.45) is 0 Å². The van der Waals surface area contributed by atoms with E-state index >= 15 is 0 Å². The third-order valence-corrected chi connectivity index (χ3v) is 6.78. The Balaban J connectivity index is 1.47. The van der Waals surface area contributed by atoms with Crippen molar-refractivity contribution in [3.8, 4) is 11.6 Å². The lowest BCUT2D eigenvalue weighted by atomic mass is 10.0. The average Bonchev–Trinajstić information content (AvgIpc) is 3.39. The maximum absolute atomic E-state index is 14.3. The first kappa shape index (κ1) is 19.8. The lowest BCUT2D eigenvalue weighted by molar-refractivity contribution is 0.210. The minimum Gasteiger partial charge on any atom is -0.497 e. The molecule has 0 aliphatic carbocycles. The monoisotopic (exact) mass is 439 g/mol. The van der Waals surface area contributed by atoms with Gasteiger partial charge in [0.25, 0.3) is 0 Å².